The van der Waals surface area contributed by atoms with Crippen molar-refractivity contribution in [2.24, 2.45) is 0 Å². The first kappa shape index (κ1) is 15.8. The minimum atomic E-state index is -0.0948. The molecule has 1 aromatic carbocycles. The van der Waals surface area contributed by atoms with Crippen LogP contribution in [0.1, 0.15) is 40.0 Å². The topological polar surface area (TPSA) is 53.5 Å². The average Bonchev–Trinajstić information content (AvgIpc) is 2.83. The third-order valence-corrected chi connectivity index (χ3v) is 5.16. The Morgan fingerprint density at radius 3 is 2.92 bits per heavy atom. The molecule has 5 heteroatoms. The van der Waals surface area contributed by atoms with Crippen LogP contribution in [0, 0.1) is 0 Å². The predicted octanol–water partition coefficient (Wildman–Crippen LogP) is 2.23. The Kier molecular flexibility index (Phi) is 3.99. The minimum absolute atomic E-state index is 0.0146. The number of amides is 2. The predicted molar refractivity (Wildman–Crippen MR) is 94.1 cm³/mol. The molecule has 1 aromatic heterocycles. The lowest BCUT2D eigenvalue weighted by Crippen LogP contribution is -2.42. The van der Waals surface area contributed by atoms with Gasteiger partial charge in [-0.05, 0) is 35.6 Å². The van der Waals surface area contributed by atoms with Crippen LogP contribution in [0.15, 0.2) is 42.6 Å². The number of rotatable bonds is 2. The van der Waals surface area contributed by atoms with Crippen molar-refractivity contribution in [2.45, 2.75) is 25.8 Å². The summed E-state index contributed by atoms with van der Waals surface area (Å²) in [7, 11) is 0. The van der Waals surface area contributed by atoms with E-state index < -0.39 is 0 Å². The summed E-state index contributed by atoms with van der Waals surface area (Å²) in [5.74, 6) is 0.221. The van der Waals surface area contributed by atoms with E-state index in [4.69, 9.17) is 0 Å². The van der Waals surface area contributed by atoms with Crippen molar-refractivity contribution in [2.75, 3.05) is 19.6 Å². The van der Waals surface area contributed by atoms with Crippen LogP contribution in [0.25, 0.3) is 0 Å². The van der Waals surface area contributed by atoms with Gasteiger partial charge in [0.15, 0.2) is 0 Å². The summed E-state index contributed by atoms with van der Waals surface area (Å²) < 4.78 is 0. The second-order valence-electron chi connectivity index (χ2n) is 6.85. The van der Waals surface area contributed by atoms with Crippen LogP contribution in [0.2, 0.25) is 0 Å². The van der Waals surface area contributed by atoms with Gasteiger partial charge in [0.25, 0.3) is 5.91 Å². The van der Waals surface area contributed by atoms with Crippen LogP contribution in [0.4, 0.5) is 0 Å². The molecular formula is C20H21N3O2. The van der Waals surface area contributed by atoms with Gasteiger partial charge >= 0.3 is 0 Å². The molecule has 0 fully saturated rings. The molecular weight excluding hydrogens is 314 g/mol. The second-order valence-corrected chi connectivity index (χ2v) is 6.85. The normalized spacial score (nSPS) is 19.4. The number of pyridine rings is 1. The SMILES string of the molecule is CC1CN(C(=O)CN2Cc3ncccc3C2=O)CCc2ccccc21. The van der Waals surface area contributed by atoms with Crippen molar-refractivity contribution in [3.8, 4) is 0 Å². The van der Waals surface area contributed by atoms with E-state index in [1.165, 1.54) is 11.1 Å². The average molecular weight is 335 g/mol. The summed E-state index contributed by atoms with van der Waals surface area (Å²) in [5, 5.41) is 0. The second kappa shape index (κ2) is 6.31. The molecule has 5 nitrogen and oxygen atoms in total. The van der Waals surface area contributed by atoms with Crippen LogP contribution >= 0.6 is 0 Å². The Balaban J connectivity index is 1.45. The van der Waals surface area contributed by atoms with E-state index in [0.29, 0.717) is 31.1 Å². The lowest BCUT2D eigenvalue weighted by molar-refractivity contribution is -0.132. The van der Waals surface area contributed by atoms with Crippen LogP contribution in [-0.2, 0) is 17.8 Å². The van der Waals surface area contributed by atoms with Gasteiger partial charge in [0.1, 0.15) is 6.54 Å². The molecule has 2 amide bonds. The van der Waals surface area contributed by atoms with Crippen LogP contribution in [0.5, 0.6) is 0 Å². The molecule has 0 N–H and O–H groups in total. The van der Waals surface area contributed by atoms with Crippen molar-refractivity contribution in [3.05, 3.63) is 65.0 Å². The number of carbonyl (C=O) groups excluding carboxylic acids is 2. The molecule has 25 heavy (non-hydrogen) atoms. The summed E-state index contributed by atoms with van der Waals surface area (Å²) in [4.78, 5) is 33.0. The van der Waals surface area contributed by atoms with E-state index >= 15 is 0 Å². The Labute approximate surface area is 147 Å². The van der Waals surface area contributed by atoms with Gasteiger partial charge in [-0.1, -0.05) is 31.2 Å². The zero-order valence-electron chi connectivity index (χ0n) is 14.3. The highest BCUT2D eigenvalue weighted by Crippen LogP contribution is 2.26. The number of aromatic nitrogens is 1. The number of benzene rings is 1. The summed E-state index contributed by atoms with van der Waals surface area (Å²) in [5.41, 5.74) is 4.02. The molecule has 2 aliphatic heterocycles. The van der Waals surface area contributed by atoms with Crippen molar-refractivity contribution in [3.63, 3.8) is 0 Å². The number of nitrogens with zero attached hydrogens (tertiary/aromatic N) is 3. The molecule has 0 spiro atoms. The Hall–Kier alpha value is -2.69. The molecule has 0 saturated carbocycles. The number of hydrogen-bond acceptors (Lipinski definition) is 3. The van der Waals surface area contributed by atoms with E-state index in [-0.39, 0.29) is 18.4 Å². The Morgan fingerprint density at radius 2 is 2.08 bits per heavy atom. The molecule has 0 aliphatic carbocycles. The highest BCUT2D eigenvalue weighted by Gasteiger charge is 2.31. The zero-order valence-corrected chi connectivity index (χ0v) is 14.3. The molecule has 0 bridgehead atoms. The van der Waals surface area contributed by atoms with Crippen molar-refractivity contribution >= 4 is 11.8 Å². The first-order chi connectivity index (χ1) is 12.1. The quantitative estimate of drug-likeness (QED) is 0.846. The third-order valence-electron chi connectivity index (χ3n) is 5.16. The van der Waals surface area contributed by atoms with Crippen molar-refractivity contribution in [1.82, 2.24) is 14.8 Å². The molecule has 0 radical (unpaired) electrons. The summed E-state index contributed by atoms with van der Waals surface area (Å²) >= 11 is 0. The molecule has 1 atom stereocenters. The molecule has 1 unspecified atom stereocenters. The van der Waals surface area contributed by atoms with Crippen LogP contribution < -0.4 is 0 Å². The van der Waals surface area contributed by atoms with E-state index in [1.807, 2.05) is 4.90 Å². The van der Waals surface area contributed by atoms with E-state index in [1.54, 1.807) is 23.2 Å². The van der Waals surface area contributed by atoms with E-state index in [2.05, 4.69) is 36.2 Å². The molecule has 2 aliphatic rings. The fourth-order valence-electron chi connectivity index (χ4n) is 3.82. The highest BCUT2D eigenvalue weighted by atomic mass is 16.2. The number of hydrogen-bond donors (Lipinski definition) is 0. The smallest absolute Gasteiger partial charge is 0.256 e. The standard InChI is InChI=1S/C20H21N3O2/c1-14-11-22(10-8-15-5-2-3-6-16(14)15)19(24)13-23-12-18-17(20(23)25)7-4-9-21-18/h2-7,9,14H,8,10-13H2,1H3. The zero-order chi connectivity index (χ0) is 17.4. The lowest BCUT2D eigenvalue weighted by Gasteiger charge is -2.25. The molecule has 0 saturated heterocycles. The largest absolute Gasteiger partial charge is 0.340 e. The van der Waals surface area contributed by atoms with Crippen LogP contribution in [-0.4, -0.2) is 46.2 Å². The van der Waals surface area contributed by atoms with Crippen LogP contribution in [0.3, 0.4) is 0 Å². The maximum atomic E-state index is 12.8. The molecule has 4 rings (SSSR count). The fraction of sp³-hybridized carbons (Fsp3) is 0.350. The maximum absolute atomic E-state index is 12.8. The lowest BCUT2D eigenvalue weighted by atomic mass is 9.96. The first-order valence-electron chi connectivity index (χ1n) is 8.72. The van der Waals surface area contributed by atoms with Crippen molar-refractivity contribution in [1.29, 1.82) is 0 Å². The first-order valence-corrected chi connectivity index (χ1v) is 8.72. The Morgan fingerprint density at radius 1 is 1.24 bits per heavy atom. The highest BCUT2D eigenvalue weighted by molar-refractivity contribution is 5.99. The van der Waals surface area contributed by atoms with E-state index in [9.17, 15) is 9.59 Å². The Bertz CT molecular complexity index is 833. The van der Waals surface area contributed by atoms with Gasteiger partial charge in [-0.3, -0.25) is 14.6 Å². The fourth-order valence-corrected chi connectivity index (χ4v) is 3.82. The monoisotopic (exact) mass is 335 g/mol. The number of carbonyl (C=O) groups is 2. The minimum Gasteiger partial charge on any atom is -0.340 e. The maximum Gasteiger partial charge on any atom is 0.256 e. The van der Waals surface area contributed by atoms with Gasteiger partial charge in [0, 0.05) is 19.3 Å². The summed E-state index contributed by atoms with van der Waals surface area (Å²) in [6.07, 6.45) is 2.55. The van der Waals surface area contributed by atoms with Gasteiger partial charge in [-0.2, -0.15) is 0 Å². The van der Waals surface area contributed by atoms with Crippen molar-refractivity contribution < 1.29 is 9.59 Å². The van der Waals surface area contributed by atoms with E-state index in [0.717, 1.165) is 12.1 Å². The number of fused-ring (bicyclic) bond motifs is 2. The van der Waals surface area contributed by atoms with Gasteiger partial charge in [-0.25, -0.2) is 0 Å². The van der Waals surface area contributed by atoms with Gasteiger partial charge < -0.3 is 9.80 Å². The molecule has 128 valence electrons. The van der Waals surface area contributed by atoms with Gasteiger partial charge in [0.2, 0.25) is 5.91 Å². The third kappa shape index (κ3) is 2.90. The molecule has 2 aromatic rings. The summed E-state index contributed by atoms with van der Waals surface area (Å²) in [6, 6.07) is 11.9. The van der Waals surface area contributed by atoms with Gasteiger partial charge in [0.05, 0.1) is 17.8 Å². The van der Waals surface area contributed by atoms with Gasteiger partial charge in [-0.15, -0.1) is 0 Å². The summed E-state index contributed by atoms with van der Waals surface area (Å²) in [6.45, 7) is 4.10. The molecule has 3 heterocycles.